The van der Waals surface area contributed by atoms with Crippen molar-refractivity contribution in [3.63, 3.8) is 0 Å². The number of aliphatic carboxylic acids is 1. The van der Waals surface area contributed by atoms with Crippen molar-refractivity contribution >= 4 is 11.9 Å². The van der Waals surface area contributed by atoms with E-state index in [0.717, 1.165) is 5.69 Å². The van der Waals surface area contributed by atoms with E-state index >= 15 is 0 Å². The van der Waals surface area contributed by atoms with Gasteiger partial charge in [-0.2, -0.15) is 5.10 Å². The molecule has 2 rings (SSSR count). The Hall–Kier alpha value is -2.67. The van der Waals surface area contributed by atoms with Gasteiger partial charge in [-0.25, -0.2) is 9.48 Å². The first-order valence-electron chi connectivity index (χ1n) is 6.37. The van der Waals surface area contributed by atoms with E-state index in [-0.39, 0.29) is 18.9 Å². The normalized spacial score (nSPS) is 11.9. The molecule has 0 saturated carbocycles. The predicted molar refractivity (Wildman–Crippen MR) is 74.2 cm³/mol. The molecule has 0 fully saturated rings. The molecule has 0 spiro atoms. The molecule has 0 aliphatic heterocycles. The van der Waals surface area contributed by atoms with Gasteiger partial charge in [-0.1, -0.05) is 18.2 Å². The van der Waals surface area contributed by atoms with E-state index in [0.29, 0.717) is 5.56 Å². The van der Waals surface area contributed by atoms with Crippen LogP contribution in [0.3, 0.4) is 0 Å². The highest BCUT2D eigenvalue weighted by Gasteiger charge is 2.14. The van der Waals surface area contributed by atoms with Gasteiger partial charge >= 0.3 is 5.97 Å². The molecular weight excluding hydrogens is 274 g/mol. The summed E-state index contributed by atoms with van der Waals surface area (Å²) in [6, 6.07) is 9.33. The summed E-state index contributed by atoms with van der Waals surface area (Å²) in [5.74, 6) is -1.67. The van der Waals surface area contributed by atoms with Gasteiger partial charge in [0.2, 0.25) is 0 Å². The molecule has 1 aromatic heterocycles. The third-order valence-corrected chi connectivity index (χ3v) is 2.85. The van der Waals surface area contributed by atoms with Gasteiger partial charge in [0, 0.05) is 19.2 Å². The minimum absolute atomic E-state index is 0.0477. The maximum absolute atomic E-state index is 11.8. The Morgan fingerprint density at radius 2 is 2.00 bits per heavy atom. The SMILES string of the molecule is O=C(NCCC(O)C(=O)O)c1cnn(-c2ccccc2)c1. The number of nitrogens with one attached hydrogen (secondary N) is 1. The molecule has 2 aromatic rings. The first-order valence-corrected chi connectivity index (χ1v) is 6.37. The van der Waals surface area contributed by atoms with E-state index < -0.39 is 12.1 Å². The van der Waals surface area contributed by atoms with E-state index in [1.807, 2.05) is 30.3 Å². The van der Waals surface area contributed by atoms with Crippen molar-refractivity contribution < 1.29 is 19.8 Å². The number of carboxylic acids is 1. The summed E-state index contributed by atoms with van der Waals surface area (Å²) in [6.07, 6.45) is 1.49. The van der Waals surface area contributed by atoms with E-state index in [9.17, 15) is 9.59 Å². The maximum Gasteiger partial charge on any atom is 0.332 e. The quantitative estimate of drug-likeness (QED) is 0.715. The lowest BCUT2D eigenvalue weighted by Gasteiger charge is -2.06. The predicted octanol–water partition coefficient (Wildman–Crippen LogP) is 0.438. The molecule has 1 aromatic carbocycles. The van der Waals surface area contributed by atoms with Gasteiger partial charge in [-0.15, -0.1) is 0 Å². The Kier molecular flexibility index (Phi) is 4.68. The second-order valence-electron chi connectivity index (χ2n) is 4.41. The summed E-state index contributed by atoms with van der Waals surface area (Å²) in [6.45, 7) is 0.0722. The third-order valence-electron chi connectivity index (χ3n) is 2.85. The summed E-state index contributed by atoms with van der Waals surface area (Å²) >= 11 is 0. The fraction of sp³-hybridized carbons (Fsp3) is 0.214. The molecule has 1 unspecified atom stereocenters. The van der Waals surface area contributed by atoms with Crippen LogP contribution in [0.4, 0.5) is 0 Å². The van der Waals surface area contributed by atoms with Crippen LogP contribution >= 0.6 is 0 Å². The van der Waals surface area contributed by atoms with Crippen molar-refractivity contribution in [2.24, 2.45) is 0 Å². The number of amides is 1. The van der Waals surface area contributed by atoms with Crippen LogP contribution in [-0.4, -0.2) is 44.5 Å². The van der Waals surface area contributed by atoms with E-state index in [1.54, 1.807) is 10.9 Å². The van der Waals surface area contributed by atoms with Gasteiger partial charge < -0.3 is 15.5 Å². The molecule has 1 amide bonds. The summed E-state index contributed by atoms with van der Waals surface area (Å²) in [5, 5.41) is 24.2. The third kappa shape index (κ3) is 3.90. The minimum Gasteiger partial charge on any atom is -0.479 e. The Morgan fingerprint density at radius 1 is 1.29 bits per heavy atom. The van der Waals surface area contributed by atoms with Crippen LogP contribution in [0.5, 0.6) is 0 Å². The van der Waals surface area contributed by atoms with Crippen molar-refractivity contribution in [1.82, 2.24) is 15.1 Å². The fourth-order valence-electron chi connectivity index (χ4n) is 1.71. The molecule has 1 atom stereocenters. The molecule has 21 heavy (non-hydrogen) atoms. The number of carbonyl (C=O) groups is 2. The lowest BCUT2D eigenvalue weighted by Crippen LogP contribution is -2.29. The molecule has 7 heteroatoms. The van der Waals surface area contributed by atoms with E-state index in [4.69, 9.17) is 10.2 Å². The zero-order valence-corrected chi connectivity index (χ0v) is 11.1. The molecule has 0 radical (unpaired) electrons. The topological polar surface area (TPSA) is 104 Å². The highest BCUT2D eigenvalue weighted by atomic mass is 16.4. The number of hydrogen-bond acceptors (Lipinski definition) is 4. The Morgan fingerprint density at radius 3 is 2.67 bits per heavy atom. The molecule has 1 heterocycles. The van der Waals surface area contributed by atoms with Crippen LogP contribution in [0.1, 0.15) is 16.8 Å². The standard InChI is InChI=1S/C14H15N3O4/c18-12(14(20)21)6-7-15-13(19)10-8-16-17(9-10)11-4-2-1-3-5-11/h1-5,8-9,12,18H,6-7H2,(H,15,19)(H,20,21). The Bertz CT molecular complexity index is 624. The van der Waals surface area contributed by atoms with Crippen LogP contribution in [0, 0.1) is 0 Å². The second-order valence-corrected chi connectivity index (χ2v) is 4.41. The monoisotopic (exact) mass is 289 g/mol. The van der Waals surface area contributed by atoms with Crippen LogP contribution in [0.2, 0.25) is 0 Å². The van der Waals surface area contributed by atoms with Crippen molar-refractivity contribution in [1.29, 1.82) is 0 Å². The number of aromatic nitrogens is 2. The zero-order valence-electron chi connectivity index (χ0n) is 11.1. The molecule has 3 N–H and O–H groups in total. The van der Waals surface area contributed by atoms with E-state index in [2.05, 4.69) is 10.4 Å². The Labute approximate surface area is 120 Å². The Balaban J connectivity index is 1.92. The zero-order chi connectivity index (χ0) is 15.2. The largest absolute Gasteiger partial charge is 0.479 e. The number of carboxylic acid groups (broad SMARTS) is 1. The first kappa shape index (κ1) is 14.7. The highest BCUT2D eigenvalue weighted by molar-refractivity contribution is 5.93. The van der Waals surface area contributed by atoms with Crippen LogP contribution in [0.15, 0.2) is 42.7 Å². The molecule has 7 nitrogen and oxygen atoms in total. The van der Waals surface area contributed by atoms with Gasteiger partial charge in [0.15, 0.2) is 6.10 Å². The van der Waals surface area contributed by atoms with Gasteiger partial charge in [0.1, 0.15) is 0 Å². The summed E-state index contributed by atoms with van der Waals surface area (Å²) in [5.41, 5.74) is 1.20. The number of benzene rings is 1. The number of aliphatic hydroxyl groups is 1. The van der Waals surface area contributed by atoms with Crippen LogP contribution in [0.25, 0.3) is 5.69 Å². The number of nitrogens with zero attached hydrogens (tertiary/aromatic N) is 2. The van der Waals surface area contributed by atoms with Crippen LogP contribution in [-0.2, 0) is 4.79 Å². The molecular formula is C14H15N3O4. The number of aliphatic hydroxyl groups excluding tert-OH is 1. The summed E-state index contributed by atoms with van der Waals surface area (Å²) < 4.78 is 1.57. The molecule has 0 aliphatic rings. The van der Waals surface area contributed by atoms with Gasteiger partial charge in [-0.05, 0) is 12.1 Å². The van der Waals surface area contributed by atoms with Crippen molar-refractivity contribution in [3.8, 4) is 5.69 Å². The van der Waals surface area contributed by atoms with Crippen molar-refractivity contribution in [2.75, 3.05) is 6.54 Å². The number of hydrogen-bond donors (Lipinski definition) is 3. The second kappa shape index (κ2) is 6.67. The van der Waals surface area contributed by atoms with Gasteiger partial charge in [-0.3, -0.25) is 4.79 Å². The number of para-hydroxylation sites is 1. The summed E-state index contributed by atoms with van der Waals surface area (Å²) in [7, 11) is 0. The maximum atomic E-state index is 11.8. The molecule has 0 saturated heterocycles. The molecule has 110 valence electrons. The van der Waals surface area contributed by atoms with Gasteiger partial charge in [0.25, 0.3) is 5.91 Å². The molecule has 0 aliphatic carbocycles. The highest BCUT2D eigenvalue weighted by Crippen LogP contribution is 2.07. The average molecular weight is 289 g/mol. The number of rotatable bonds is 6. The average Bonchev–Trinajstić information content (AvgIpc) is 2.97. The first-order chi connectivity index (χ1) is 10.1. The van der Waals surface area contributed by atoms with Gasteiger partial charge in [0.05, 0.1) is 17.4 Å². The lowest BCUT2D eigenvalue weighted by molar-refractivity contribution is -0.146. The lowest BCUT2D eigenvalue weighted by atomic mass is 10.2. The van der Waals surface area contributed by atoms with Crippen molar-refractivity contribution in [3.05, 3.63) is 48.3 Å². The van der Waals surface area contributed by atoms with E-state index in [1.165, 1.54) is 6.20 Å². The summed E-state index contributed by atoms with van der Waals surface area (Å²) in [4.78, 5) is 22.3. The number of carbonyl (C=O) groups excluding carboxylic acids is 1. The van der Waals surface area contributed by atoms with Crippen LogP contribution < -0.4 is 5.32 Å². The fourth-order valence-corrected chi connectivity index (χ4v) is 1.71. The van der Waals surface area contributed by atoms with Crippen molar-refractivity contribution in [2.45, 2.75) is 12.5 Å². The molecule has 0 bridgehead atoms. The smallest absolute Gasteiger partial charge is 0.332 e. The minimum atomic E-state index is -1.47.